The average molecular weight is 579 g/mol. The number of piperazine rings is 1. The van der Waals surface area contributed by atoms with Crippen LogP contribution in [0.2, 0.25) is 0 Å². The number of aromatic nitrogens is 3. The molecule has 0 unspecified atom stereocenters. The Morgan fingerprint density at radius 3 is 2.54 bits per heavy atom. The van der Waals surface area contributed by atoms with Crippen LogP contribution < -0.4 is 14.8 Å². The minimum atomic E-state index is -3.93. The fourth-order valence-corrected chi connectivity index (χ4v) is 6.04. The molecule has 1 amide bonds. The van der Waals surface area contributed by atoms with Crippen molar-refractivity contribution in [2.24, 2.45) is 0 Å². The molecule has 3 heterocycles. The molecule has 11 nitrogen and oxygen atoms in total. The Bertz CT molecular complexity index is 1690. The molecule has 0 spiro atoms. The van der Waals surface area contributed by atoms with E-state index in [1.165, 1.54) is 13.3 Å². The quantitative estimate of drug-likeness (QED) is 0.332. The summed E-state index contributed by atoms with van der Waals surface area (Å²) >= 11 is 0. The Morgan fingerprint density at radius 2 is 1.85 bits per heavy atom. The molecular weight excluding hydrogens is 544 g/mol. The van der Waals surface area contributed by atoms with Crippen LogP contribution in [-0.4, -0.2) is 84.5 Å². The van der Waals surface area contributed by atoms with E-state index in [2.05, 4.69) is 34.2 Å². The van der Waals surface area contributed by atoms with E-state index in [4.69, 9.17) is 9.47 Å². The van der Waals surface area contributed by atoms with E-state index >= 15 is 0 Å². The Hall–Kier alpha value is -4.16. The van der Waals surface area contributed by atoms with Gasteiger partial charge in [-0.15, -0.1) is 0 Å². The summed E-state index contributed by atoms with van der Waals surface area (Å²) in [4.78, 5) is 26.5. The van der Waals surface area contributed by atoms with Gasteiger partial charge in [-0.1, -0.05) is 17.7 Å². The number of fused-ring (bicyclic) bond motifs is 1. The molecule has 12 heteroatoms. The maximum atomic E-state index is 13.5. The van der Waals surface area contributed by atoms with Crippen LogP contribution in [0.5, 0.6) is 11.6 Å². The number of hydrogen-bond donors (Lipinski definition) is 1. The molecule has 1 N–H and O–H groups in total. The molecule has 1 atom stereocenters. The number of ether oxygens (including phenoxy) is 2. The topological polar surface area (TPSA) is 119 Å². The summed E-state index contributed by atoms with van der Waals surface area (Å²) in [6.07, 6.45) is 1.45. The first-order valence-corrected chi connectivity index (χ1v) is 14.8. The second kappa shape index (κ2) is 11.4. The standard InChI is InChI=1S/C29H34N6O5S/c1-6-40-27-23-13-14-35(41(37,38)22-10-7-19(2)8-11-22)26(23)31-29(32-27)30-24-12-9-21(17-25(24)39-5)28(36)34-16-15-33(4)20(3)18-34/h7-14,17,20H,6,15-16,18H2,1-5H3,(H,30,31,32)/t20-/m0/s1. The third-order valence-electron chi connectivity index (χ3n) is 7.28. The highest BCUT2D eigenvalue weighted by atomic mass is 32.2. The average Bonchev–Trinajstić information content (AvgIpc) is 3.40. The predicted molar refractivity (Wildman–Crippen MR) is 157 cm³/mol. The van der Waals surface area contributed by atoms with Gasteiger partial charge in [-0.2, -0.15) is 9.97 Å². The highest BCUT2D eigenvalue weighted by Gasteiger charge is 2.26. The van der Waals surface area contributed by atoms with E-state index in [0.717, 1.165) is 16.1 Å². The van der Waals surface area contributed by atoms with Crippen molar-refractivity contribution in [2.45, 2.75) is 31.7 Å². The lowest BCUT2D eigenvalue weighted by atomic mass is 10.1. The summed E-state index contributed by atoms with van der Waals surface area (Å²) < 4.78 is 39.5. The Balaban J connectivity index is 1.49. The van der Waals surface area contributed by atoms with Crippen LogP contribution >= 0.6 is 0 Å². The van der Waals surface area contributed by atoms with E-state index in [-0.39, 0.29) is 34.3 Å². The third kappa shape index (κ3) is 5.57. The lowest BCUT2D eigenvalue weighted by molar-refractivity contribution is 0.0572. The first kappa shape index (κ1) is 28.4. The Kier molecular flexibility index (Phi) is 7.87. The first-order valence-electron chi connectivity index (χ1n) is 13.4. The molecule has 1 fully saturated rings. The number of anilines is 2. The normalized spacial score (nSPS) is 16.1. The largest absolute Gasteiger partial charge is 0.495 e. The van der Waals surface area contributed by atoms with Crippen LogP contribution in [0.15, 0.2) is 59.6 Å². The SMILES string of the molecule is CCOc1nc(Nc2ccc(C(=O)N3CCN(C)[C@@H](C)C3)cc2OC)nc2c1ccn2S(=O)(=O)c1ccc(C)cc1. The maximum Gasteiger partial charge on any atom is 0.269 e. The second-order valence-electron chi connectivity index (χ2n) is 10.1. The van der Waals surface area contributed by atoms with Crippen molar-refractivity contribution >= 4 is 38.6 Å². The van der Waals surface area contributed by atoms with Gasteiger partial charge in [0.15, 0.2) is 5.65 Å². The number of benzene rings is 2. The number of rotatable bonds is 8. The monoisotopic (exact) mass is 578 g/mol. The van der Waals surface area contributed by atoms with Crippen LogP contribution in [-0.2, 0) is 10.0 Å². The fourth-order valence-electron chi connectivity index (χ4n) is 4.75. The third-order valence-corrected chi connectivity index (χ3v) is 8.96. The zero-order valence-corrected chi connectivity index (χ0v) is 24.6. The summed E-state index contributed by atoms with van der Waals surface area (Å²) in [6.45, 7) is 8.26. The van der Waals surface area contributed by atoms with Crippen LogP contribution in [0.1, 0.15) is 29.8 Å². The molecule has 0 radical (unpaired) electrons. The van der Waals surface area contributed by atoms with Crippen molar-refractivity contribution in [3.63, 3.8) is 0 Å². The number of amides is 1. The zero-order valence-electron chi connectivity index (χ0n) is 23.8. The molecule has 0 aliphatic carbocycles. The number of hydrogen-bond acceptors (Lipinski definition) is 9. The summed E-state index contributed by atoms with van der Waals surface area (Å²) in [5, 5.41) is 3.58. The highest BCUT2D eigenvalue weighted by molar-refractivity contribution is 7.90. The number of aryl methyl sites for hydroxylation is 1. The molecule has 41 heavy (non-hydrogen) atoms. The van der Waals surface area contributed by atoms with Gasteiger partial charge in [0.1, 0.15) is 5.75 Å². The number of carbonyl (C=O) groups excluding carboxylic acids is 1. The smallest absolute Gasteiger partial charge is 0.269 e. The van der Waals surface area contributed by atoms with E-state index in [1.54, 1.807) is 48.5 Å². The molecule has 0 saturated carbocycles. The number of nitrogens with one attached hydrogen (secondary N) is 1. The molecule has 0 bridgehead atoms. The number of likely N-dealkylation sites (N-methyl/N-ethyl adjacent to an activating group) is 1. The molecular formula is C29H34N6O5S. The van der Waals surface area contributed by atoms with Crippen molar-refractivity contribution in [1.29, 1.82) is 0 Å². The van der Waals surface area contributed by atoms with Gasteiger partial charge in [0, 0.05) is 37.4 Å². The highest BCUT2D eigenvalue weighted by Crippen LogP contribution is 2.32. The minimum Gasteiger partial charge on any atom is -0.495 e. The van der Waals surface area contributed by atoms with Crippen LogP contribution in [0.3, 0.4) is 0 Å². The van der Waals surface area contributed by atoms with Crippen molar-refractivity contribution in [2.75, 3.05) is 45.7 Å². The van der Waals surface area contributed by atoms with Crippen LogP contribution in [0.4, 0.5) is 11.6 Å². The fraction of sp³-hybridized carbons (Fsp3) is 0.345. The lowest BCUT2D eigenvalue weighted by Gasteiger charge is -2.37. The Labute approximate surface area is 239 Å². The summed E-state index contributed by atoms with van der Waals surface area (Å²) in [5.74, 6) is 0.714. The summed E-state index contributed by atoms with van der Waals surface area (Å²) in [6, 6.07) is 13.7. The lowest BCUT2D eigenvalue weighted by Crippen LogP contribution is -2.52. The van der Waals surface area contributed by atoms with E-state index in [1.807, 2.05) is 18.7 Å². The number of methoxy groups -OCH3 is 1. The van der Waals surface area contributed by atoms with Gasteiger partial charge in [0.25, 0.3) is 15.9 Å². The Morgan fingerprint density at radius 1 is 1.10 bits per heavy atom. The van der Waals surface area contributed by atoms with E-state index < -0.39 is 10.0 Å². The van der Waals surface area contributed by atoms with Gasteiger partial charge in [0.05, 0.1) is 29.7 Å². The molecule has 1 saturated heterocycles. The summed E-state index contributed by atoms with van der Waals surface area (Å²) in [5.41, 5.74) is 2.14. The molecule has 2 aromatic heterocycles. The van der Waals surface area contributed by atoms with Gasteiger partial charge < -0.3 is 24.6 Å². The van der Waals surface area contributed by atoms with Gasteiger partial charge in [-0.05, 0) is 64.2 Å². The minimum absolute atomic E-state index is 0.0646. The molecule has 2 aromatic carbocycles. The van der Waals surface area contributed by atoms with E-state index in [9.17, 15) is 13.2 Å². The van der Waals surface area contributed by atoms with Crippen LogP contribution in [0, 0.1) is 6.92 Å². The molecule has 4 aromatic rings. The van der Waals surface area contributed by atoms with Crippen LogP contribution in [0.25, 0.3) is 11.0 Å². The molecule has 216 valence electrons. The van der Waals surface area contributed by atoms with Crippen molar-refractivity contribution in [3.05, 3.63) is 65.9 Å². The van der Waals surface area contributed by atoms with Gasteiger partial charge in [0.2, 0.25) is 11.8 Å². The van der Waals surface area contributed by atoms with E-state index in [0.29, 0.717) is 42.1 Å². The van der Waals surface area contributed by atoms with Gasteiger partial charge in [-0.25, -0.2) is 12.4 Å². The van der Waals surface area contributed by atoms with Crippen molar-refractivity contribution in [3.8, 4) is 11.6 Å². The van der Waals surface area contributed by atoms with Crippen molar-refractivity contribution < 1.29 is 22.7 Å². The predicted octanol–water partition coefficient (Wildman–Crippen LogP) is 3.90. The first-order chi connectivity index (χ1) is 19.6. The molecule has 5 rings (SSSR count). The van der Waals surface area contributed by atoms with Crippen molar-refractivity contribution in [1.82, 2.24) is 23.7 Å². The zero-order chi connectivity index (χ0) is 29.3. The maximum absolute atomic E-state index is 13.5. The molecule has 1 aliphatic heterocycles. The summed E-state index contributed by atoms with van der Waals surface area (Å²) in [7, 11) is -0.361. The van der Waals surface area contributed by atoms with Gasteiger partial charge in [-0.3, -0.25) is 4.79 Å². The number of nitrogens with zero attached hydrogens (tertiary/aromatic N) is 5. The second-order valence-corrected chi connectivity index (χ2v) is 11.9. The van der Waals surface area contributed by atoms with Gasteiger partial charge >= 0.3 is 0 Å². The molecule has 1 aliphatic rings. The number of carbonyl (C=O) groups is 1.